The average Bonchev–Trinajstić information content (AvgIpc) is 3.30. The molecule has 1 atom stereocenters. The molecule has 2 saturated heterocycles. The Morgan fingerprint density at radius 2 is 1.84 bits per heavy atom. The molecule has 32 heavy (non-hydrogen) atoms. The van der Waals surface area contributed by atoms with E-state index in [1.165, 1.54) is 29.1 Å². The minimum absolute atomic E-state index is 0.0589. The van der Waals surface area contributed by atoms with Crippen molar-refractivity contribution in [1.29, 1.82) is 0 Å². The van der Waals surface area contributed by atoms with Gasteiger partial charge in [0.25, 0.3) is 11.8 Å². The average molecular weight is 453 g/mol. The van der Waals surface area contributed by atoms with E-state index in [1.807, 2.05) is 22.4 Å². The van der Waals surface area contributed by atoms with Gasteiger partial charge in [0.15, 0.2) is 0 Å². The van der Waals surface area contributed by atoms with Crippen LogP contribution in [0.3, 0.4) is 0 Å². The number of amides is 3. The zero-order chi connectivity index (χ0) is 22.1. The summed E-state index contributed by atoms with van der Waals surface area (Å²) in [6, 6.07) is 5.48. The second-order valence-corrected chi connectivity index (χ2v) is 9.83. The quantitative estimate of drug-likeness (QED) is 0.663. The molecule has 0 spiro atoms. The minimum atomic E-state index is -0.267. The van der Waals surface area contributed by atoms with Gasteiger partial charge in [-0.2, -0.15) is 0 Å². The highest BCUT2D eigenvalue weighted by Gasteiger charge is 2.40. The van der Waals surface area contributed by atoms with E-state index in [4.69, 9.17) is 0 Å². The number of anilines is 1. The maximum atomic E-state index is 13.3. The Bertz CT molecular complexity index is 1010. The Morgan fingerprint density at radius 3 is 2.59 bits per heavy atom. The third-order valence-corrected chi connectivity index (χ3v) is 7.55. The SMILES string of the molecule is O=C([C@@H]1CCCN(c2cccc3c2C(=O)N(Cc2nccs2)C3=O)C1)N1CCCCCC1. The molecule has 2 aromatic rings. The third kappa shape index (κ3) is 3.92. The molecule has 8 heteroatoms. The third-order valence-electron chi connectivity index (χ3n) is 6.78. The van der Waals surface area contributed by atoms with Crippen LogP contribution in [0.25, 0.3) is 0 Å². The first-order chi connectivity index (χ1) is 15.6. The van der Waals surface area contributed by atoms with Crippen molar-refractivity contribution in [2.45, 2.75) is 45.1 Å². The van der Waals surface area contributed by atoms with Gasteiger partial charge in [0.1, 0.15) is 5.01 Å². The highest BCUT2D eigenvalue weighted by molar-refractivity contribution is 7.09. The molecule has 3 aliphatic rings. The summed E-state index contributed by atoms with van der Waals surface area (Å²) in [6.45, 7) is 3.29. The van der Waals surface area contributed by atoms with Crippen LogP contribution in [0, 0.1) is 5.92 Å². The second-order valence-electron chi connectivity index (χ2n) is 8.85. The monoisotopic (exact) mass is 452 g/mol. The number of fused-ring (bicyclic) bond motifs is 1. The number of piperidine rings is 1. The number of likely N-dealkylation sites (tertiary alicyclic amines) is 1. The molecule has 1 aromatic carbocycles. The highest BCUT2D eigenvalue weighted by Crippen LogP contribution is 2.35. The molecular weight excluding hydrogens is 424 g/mol. The maximum Gasteiger partial charge on any atom is 0.264 e. The fourth-order valence-corrected chi connectivity index (χ4v) is 5.74. The van der Waals surface area contributed by atoms with Crippen molar-refractivity contribution in [1.82, 2.24) is 14.8 Å². The molecule has 2 fully saturated rings. The lowest BCUT2D eigenvalue weighted by Crippen LogP contribution is -2.45. The standard InChI is InChI=1S/C24H28N4O3S/c29-22(26-11-3-1-2-4-12-26)17-7-6-13-27(15-17)19-9-5-8-18-21(19)24(31)28(23(18)30)16-20-25-10-14-32-20/h5,8-10,14,17H,1-4,6-7,11-13,15-16H2/t17-/m1/s1. The second kappa shape index (κ2) is 9.02. The Labute approximate surface area is 192 Å². The lowest BCUT2D eigenvalue weighted by Gasteiger charge is -2.36. The lowest BCUT2D eigenvalue weighted by atomic mass is 9.94. The molecule has 3 amide bonds. The van der Waals surface area contributed by atoms with Crippen LogP contribution >= 0.6 is 11.3 Å². The normalized spacial score (nSPS) is 21.6. The largest absolute Gasteiger partial charge is 0.370 e. The molecule has 0 saturated carbocycles. The summed E-state index contributed by atoms with van der Waals surface area (Å²) in [5, 5.41) is 2.58. The van der Waals surface area contributed by atoms with Gasteiger partial charge in [-0.05, 0) is 37.8 Å². The van der Waals surface area contributed by atoms with Gasteiger partial charge in [-0.3, -0.25) is 19.3 Å². The van der Waals surface area contributed by atoms with Gasteiger partial charge < -0.3 is 9.80 Å². The summed E-state index contributed by atoms with van der Waals surface area (Å²) in [4.78, 5) is 49.2. The molecule has 5 rings (SSSR count). The Balaban J connectivity index is 1.37. The molecule has 0 unspecified atom stereocenters. The van der Waals surface area contributed by atoms with Gasteiger partial charge in [-0.25, -0.2) is 4.98 Å². The first kappa shape index (κ1) is 21.1. The van der Waals surface area contributed by atoms with Crippen molar-refractivity contribution in [3.05, 3.63) is 45.9 Å². The number of thiazole rings is 1. The fourth-order valence-electron chi connectivity index (χ4n) is 5.14. The number of hydrogen-bond acceptors (Lipinski definition) is 6. The van der Waals surface area contributed by atoms with Gasteiger partial charge >= 0.3 is 0 Å². The summed E-state index contributed by atoms with van der Waals surface area (Å²) in [5.41, 5.74) is 1.69. The van der Waals surface area contributed by atoms with E-state index in [9.17, 15) is 14.4 Å². The van der Waals surface area contributed by atoms with Crippen LogP contribution in [0.5, 0.6) is 0 Å². The summed E-state index contributed by atoms with van der Waals surface area (Å²) in [6.07, 6.45) is 8.02. The lowest BCUT2D eigenvalue weighted by molar-refractivity contribution is -0.135. The van der Waals surface area contributed by atoms with Crippen LogP contribution in [0.1, 0.15) is 64.2 Å². The van der Waals surface area contributed by atoms with Crippen LogP contribution in [0.2, 0.25) is 0 Å². The fraction of sp³-hybridized carbons (Fsp3) is 0.500. The molecule has 168 valence electrons. The predicted molar refractivity (Wildman–Crippen MR) is 123 cm³/mol. The van der Waals surface area contributed by atoms with Gasteiger partial charge in [0.2, 0.25) is 5.91 Å². The number of imide groups is 1. The van der Waals surface area contributed by atoms with E-state index in [0.717, 1.165) is 56.0 Å². The summed E-state index contributed by atoms with van der Waals surface area (Å²) in [5.74, 6) is -0.346. The first-order valence-electron chi connectivity index (χ1n) is 11.5. The summed E-state index contributed by atoms with van der Waals surface area (Å²) < 4.78 is 0. The topological polar surface area (TPSA) is 73.8 Å². The maximum absolute atomic E-state index is 13.3. The first-order valence-corrected chi connectivity index (χ1v) is 12.4. The zero-order valence-electron chi connectivity index (χ0n) is 18.2. The smallest absolute Gasteiger partial charge is 0.264 e. The van der Waals surface area contributed by atoms with E-state index < -0.39 is 0 Å². The molecule has 0 aliphatic carbocycles. The minimum Gasteiger partial charge on any atom is -0.370 e. The number of nitrogens with zero attached hydrogens (tertiary/aromatic N) is 4. The van der Waals surface area contributed by atoms with Crippen LogP contribution in [0.4, 0.5) is 5.69 Å². The van der Waals surface area contributed by atoms with Crippen molar-refractivity contribution in [3.63, 3.8) is 0 Å². The van der Waals surface area contributed by atoms with Crippen LogP contribution in [0.15, 0.2) is 29.8 Å². The van der Waals surface area contributed by atoms with E-state index in [2.05, 4.69) is 9.88 Å². The summed E-state index contributed by atoms with van der Waals surface area (Å²) >= 11 is 1.43. The number of benzene rings is 1. The van der Waals surface area contributed by atoms with Crippen molar-refractivity contribution in [2.24, 2.45) is 5.92 Å². The van der Waals surface area contributed by atoms with Crippen LogP contribution in [-0.4, -0.2) is 58.7 Å². The molecule has 1 aromatic heterocycles. The number of aromatic nitrogens is 1. The van der Waals surface area contributed by atoms with E-state index >= 15 is 0 Å². The van der Waals surface area contributed by atoms with Crippen LogP contribution < -0.4 is 4.90 Å². The van der Waals surface area contributed by atoms with Crippen molar-refractivity contribution >= 4 is 34.7 Å². The van der Waals surface area contributed by atoms with E-state index in [-0.39, 0.29) is 30.2 Å². The Kier molecular flexibility index (Phi) is 5.95. The van der Waals surface area contributed by atoms with Crippen molar-refractivity contribution in [2.75, 3.05) is 31.1 Å². The number of carbonyl (C=O) groups is 3. The van der Waals surface area contributed by atoms with Gasteiger partial charge in [-0.15, -0.1) is 11.3 Å². The van der Waals surface area contributed by atoms with Crippen molar-refractivity contribution < 1.29 is 14.4 Å². The molecule has 7 nitrogen and oxygen atoms in total. The number of hydrogen-bond donors (Lipinski definition) is 0. The van der Waals surface area contributed by atoms with E-state index in [0.29, 0.717) is 17.7 Å². The molecule has 0 N–H and O–H groups in total. The van der Waals surface area contributed by atoms with Crippen LogP contribution in [-0.2, 0) is 11.3 Å². The van der Waals surface area contributed by atoms with Crippen molar-refractivity contribution in [3.8, 4) is 0 Å². The molecule has 0 radical (unpaired) electrons. The molecule has 0 bridgehead atoms. The molecule has 4 heterocycles. The molecule has 3 aliphatic heterocycles. The number of carbonyl (C=O) groups excluding carboxylic acids is 3. The zero-order valence-corrected chi connectivity index (χ0v) is 19.0. The van der Waals surface area contributed by atoms with Gasteiger partial charge in [0, 0.05) is 37.8 Å². The predicted octanol–water partition coefficient (Wildman–Crippen LogP) is 3.56. The van der Waals surface area contributed by atoms with Gasteiger partial charge in [0.05, 0.1) is 29.3 Å². The Morgan fingerprint density at radius 1 is 1.03 bits per heavy atom. The summed E-state index contributed by atoms with van der Waals surface area (Å²) in [7, 11) is 0. The number of rotatable bonds is 4. The highest BCUT2D eigenvalue weighted by atomic mass is 32.1. The Hall–Kier alpha value is -2.74. The molecular formula is C24H28N4O3S. The van der Waals surface area contributed by atoms with E-state index in [1.54, 1.807) is 12.3 Å². The van der Waals surface area contributed by atoms with Gasteiger partial charge in [-0.1, -0.05) is 18.9 Å².